The summed E-state index contributed by atoms with van der Waals surface area (Å²) in [7, 11) is -15.8. The van der Waals surface area contributed by atoms with E-state index >= 15 is 0 Å². The molecule has 140 heavy (non-hydrogen) atoms. The van der Waals surface area contributed by atoms with Crippen LogP contribution in [-0.4, -0.2) is 122 Å². The van der Waals surface area contributed by atoms with Crippen LogP contribution in [0.4, 0.5) is 49.9 Å². The molecule has 0 aliphatic carbocycles. The van der Waals surface area contributed by atoms with Crippen LogP contribution < -0.4 is 47.3 Å². The maximum Gasteiger partial charge on any atom is 0.255 e. The molecule has 0 aliphatic rings. The zero-order valence-electron chi connectivity index (χ0n) is 77.1. The molecule has 0 radical (unpaired) electrons. The number of aryl methyl sites for hydroxylation is 5. The first-order valence-electron chi connectivity index (χ1n) is 43.5. The fourth-order valence-electron chi connectivity index (χ4n) is 13.6. The SMILES string of the molecule is CCC(C(=O)Nc1cc(O)c(NC(=O)c2ccc(F)cc2)cc1Oc1ccc(C)cc1)S(=O)(=O)c1ccc(C)cc1.CCC(C(=O)Nc1ccc(NC(=O)c2ccccc2)c(O)c1)S(=O)(=O)c1ccc(C)cc1.CCCCC(C(=O)Nc1cc(O)c(NC(=O)c2ccccc2)cc1Cl)S(=O)(=O)c1cccc(C)c1.Cc1cccc(S(=O)(=O)C(C)C(=O)Nc2cc(O)c(NC(=O)c3ccccc3)cc2Cl)c1. The smallest absolute Gasteiger partial charge is 0.255 e. The Labute approximate surface area is 820 Å². The molecule has 0 heterocycles. The summed E-state index contributed by atoms with van der Waals surface area (Å²) >= 11 is 12.5. The summed E-state index contributed by atoms with van der Waals surface area (Å²) in [5.41, 5.74) is 6.10. The predicted molar refractivity (Wildman–Crippen MR) is 540 cm³/mol. The molecule has 13 aromatic rings. The van der Waals surface area contributed by atoms with Gasteiger partial charge in [0.25, 0.3) is 23.6 Å². The molecule has 36 heteroatoms. The van der Waals surface area contributed by atoms with Crippen LogP contribution in [0.25, 0.3) is 0 Å². The number of hydrogen-bond donors (Lipinski definition) is 12. The van der Waals surface area contributed by atoms with Crippen molar-refractivity contribution in [2.24, 2.45) is 0 Å². The van der Waals surface area contributed by atoms with Gasteiger partial charge in [-0.05, 0) is 218 Å². The molecule has 728 valence electrons. The quantitative estimate of drug-likeness (QED) is 0.0180. The zero-order chi connectivity index (χ0) is 102. The van der Waals surface area contributed by atoms with Crippen molar-refractivity contribution in [3.05, 3.63) is 357 Å². The molecule has 4 atom stereocenters. The molecular weight excluding hydrogens is 1920 g/mol. The first-order valence-corrected chi connectivity index (χ1v) is 50.5. The van der Waals surface area contributed by atoms with E-state index in [1.807, 2.05) is 39.8 Å². The molecule has 0 fully saturated rings. The summed E-state index contributed by atoms with van der Waals surface area (Å²) < 4.78 is 124. The Morgan fingerprint density at radius 1 is 0.321 bits per heavy atom. The largest absolute Gasteiger partial charge is 0.506 e. The highest BCUT2D eigenvalue weighted by atomic mass is 35.5. The summed E-state index contributed by atoms with van der Waals surface area (Å²) in [6.45, 7) is 15.5. The Hall–Kier alpha value is -15.1. The topological polar surface area (TPSA) is 460 Å². The van der Waals surface area contributed by atoms with Gasteiger partial charge in [-0.3, -0.25) is 38.4 Å². The third-order valence-electron chi connectivity index (χ3n) is 21.5. The number of benzene rings is 13. The molecule has 0 saturated heterocycles. The molecule has 29 nitrogen and oxygen atoms in total. The van der Waals surface area contributed by atoms with Gasteiger partial charge in [0.1, 0.15) is 55.6 Å². The summed E-state index contributed by atoms with van der Waals surface area (Å²) in [4.78, 5) is 102. The molecule has 0 bridgehead atoms. The van der Waals surface area contributed by atoms with Gasteiger partial charge in [-0.1, -0.05) is 189 Å². The van der Waals surface area contributed by atoms with Crippen LogP contribution >= 0.6 is 23.2 Å². The van der Waals surface area contributed by atoms with Crippen LogP contribution in [0.3, 0.4) is 0 Å². The van der Waals surface area contributed by atoms with Gasteiger partial charge in [-0.15, -0.1) is 0 Å². The van der Waals surface area contributed by atoms with E-state index in [1.165, 1.54) is 110 Å². The van der Waals surface area contributed by atoms with Crippen molar-refractivity contribution in [2.75, 3.05) is 42.5 Å². The molecule has 0 saturated carbocycles. The third-order valence-corrected chi connectivity index (χ3v) is 30.7. The number of phenols is 4. The minimum atomic E-state index is -4.03. The highest BCUT2D eigenvalue weighted by molar-refractivity contribution is 7.93. The lowest BCUT2D eigenvalue weighted by atomic mass is 10.1. The highest BCUT2D eigenvalue weighted by Gasteiger charge is 2.38. The van der Waals surface area contributed by atoms with E-state index in [4.69, 9.17) is 27.9 Å². The molecule has 0 aromatic heterocycles. The summed E-state index contributed by atoms with van der Waals surface area (Å²) in [5.74, 6) is -6.41. The van der Waals surface area contributed by atoms with E-state index < -0.39 is 119 Å². The number of carbonyl (C=O) groups excluding carboxylic acids is 8. The lowest BCUT2D eigenvalue weighted by Crippen LogP contribution is -2.35. The van der Waals surface area contributed by atoms with Crippen LogP contribution in [0, 0.1) is 40.4 Å². The number of phenolic OH excluding ortho intramolecular Hbond substituents is 4. The number of hydrogen-bond acceptors (Lipinski definition) is 21. The van der Waals surface area contributed by atoms with Gasteiger partial charge in [-0.2, -0.15) is 0 Å². The Bertz CT molecular complexity index is 7210. The van der Waals surface area contributed by atoms with Crippen molar-refractivity contribution in [2.45, 2.75) is 135 Å². The summed E-state index contributed by atoms with van der Waals surface area (Å²) in [6.07, 6.45) is 1.46. The van der Waals surface area contributed by atoms with Gasteiger partial charge in [0.05, 0.1) is 69.4 Å². The third kappa shape index (κ3) is 28.3. The number of aromatic hydroxyl groups is 4. The van der Waals surface area contributed by atoms with E-state index in [-0.39, 0.29) is 123 Å². The molecule has 4 unspecified atom stereocenters. The second kappa shape index (κ2) is 48.3. The maximum atomic E-state index is 13.3. The first kappa shape index (κ1) is 107. The Morgan fingerprint density at radius 2 is 0.671 bits per heavy atom. The zero-order valence-corrected chi connectivity index (χ0v) is 81.8. The first-order chi connectivity index (χ1) is 66.4. The van der Waals surface area contributed by atoms with Crippen molar-refractivity contribution >= 4 is 155 Å². The normalized spacial score (nSPS) is 12.0. The van der Waals surface area contributed by atoms with Gasteiger partial charge in [0.15, 0.2) is 45.1 Å². The number of ether oxygens (including phenoxy) is 1. The van der Waals surface area contributed by atoms with Crippen LogP contribution in [0.1, 0.15) is 129 Å². The van der Waals surface area contributed by atoms with Crippen molar-refractivity contribution < 1.29 is 102 Å². The molecule has 12 N–H and O–H groups in total. The minimum Gasteiger partial charge on any atom is -0.506 e. The number of amides is 8. The summed E-state index contributed by atoms with van der Waals surface area (Å²) in [5, 5.41) is 56.7. The van der Waals surface area contributed by atoms with Crippen molar-refractivity contribution in [3.8, 4) is 34.5 Å². The number of halogens is 3. The molecule has 8 amide bonds. The number of rotatable bonds is 31. The van der Waals surface area contributed by atoms with E-state index in [1.54, 1.807) is 179 Å². The van der Waals surface area contributed by atoms with Crippen LogP contribution in [0.5, 0.6) is 34.5 Å². The lowest BCUT2D eigenvalue weighted by Gasteiger charge is -2.19. The van der Waals surface area contributed by atoms with Gasteiger partial charge in [0, 0.05) is 58.3 Å². The molecule has 0 aliphatic heterocycles. The molecule has 13 rings (SSSR count). The van der Waals surface area contributed by atoms with Gasteiger partial charge in [-0.25, -0.2) is 38.1 Å². The Kier molecular flexibility index (Phi) is 36.9. The fourth-order valence-corrected chi connectivity index (χ4v) is 20.4. The Morgan fingerprint density at radius 3 is 1.08 bits per heavy atom. The van der Waals surface area contributed by atoms with E-state index in [2.05, 4.69) is 42.5 Å². The number of sulfone groups is 4. The van der Waals surface area contributed by atoms with Crippen molar-refractivity contribution in [3.63, 3.8) is 0 Å². The van der Waals surface area contributed by atoms with Gasteiger partial charge < -0.3 is 67.7 Å². The lowest BCUT2D eigenvalue weighted by molar-refractivity contribution is -0.116. The minimum absolute atomic E-state index is 0.00596. The van der Waals surface area contributed by atoms with Crippen LogP contribution in [0.2, 0.25) is 10.0 Å². The van der Waals surface area contributed by atoms with Crippen LogP contribution in [-0.2, 0) is 58.5 Å². The predicted octanol–water partition coefficient (Wildman–Crippen LogP) is 20.5. The summed E-state index contributed by atoms with van der Waals surface area (Å²) in [6, 6.07) is 73.9. The number of unbranched alkanes of at least 4 members (excludes halogenated alkanes) is 1. The Balaban J connectivity index is 0.000000193. The van der Waals surface area contributed by atoms with Gasteiger partial charge >= 0.3 is 0 Å². The number of carbonyl (C=O) groups is 8. The van der Waals surface area contributed by atoms with Crippen molar-refractivity contribution in [1.29, 1.82) is 0 Å². The second-order valence-electron chi connectivity index (χ2n) is 32.1. The number of anilines is 8. The molecule has 13 aromatic carbocycles. The maximum absolute atomic E-state index is 13.3. The standard InChI is InChI=1S/C31H29FN2O6S.C26H27ClN2O5S.C24H24N2O5S.C23H21ClN2O5S/c1-4-29(41(38,39)24-15-7-20(3)8-16-24)31(37)34-26-17-27(35)25(33-30(36)21-9-11-22(32)12-10-21)18-28(26)40-23-13-5-19(2)6-14-23;1-3-4-13-24(35(33,34)19-12-8-9-17(2)14-19)26(32)28-21-16-23(30)22(15-20(21)27)29-25(31)18-10-6-5-7-11-18;1-3-22(32(30,31)19-12-9-16(2)10-13-19)24(29)25-18-11-14-20(21(27)15-18)26-23(28)17-7-5-4-6-8-17;1-14-7-6-10-17(11-14)32(30,31)15(2)22(28)25-19-13-21(27)20(12-18(19)24)26-23(29)16-8-4-3-5-9-16/h5-18,29,35H,4H2,1-3H3,(H,33,36)(H,34,37);5-12,14-16,24,30H,3-4,13H2,1-2H3,(H,28,32)(H,29,31);4-15,22,27H,3H2,1-2H3,(H,25,29)(H,26,28);3-13,15,27H,1-2H3,(H,25,28)(H,26,29). The van der Waals surface area contributed by atoms with Crippen LogP contribution in [0.15, 0.2) is 311 Å². The van der Waals surface area contributed by atoms with E-state index in [9.17, 15) is 96.8 Å². The average Bonchev–Trinajstić information content (AvgIpc) is 0.795. The van der Waals surface area contributed by atoms with E-state index in [0.717, 1.165) is 52.1 Å². The average molecular weight is 2020 g/mol. The van der Waals surface area contributed by atoms with Crippen molar-refractivity contribution in [1.82, 2.24) is 0 Å². The molecule has 0 spiro atoms. The van der Waals surface area contributed by atoms with Gasteiger partial charge in [0.2, 0.25) is 23.6 Å². The number of nitrogens with one attached hydrogen (secondary N) is 8. The highest BCUT2D eigenvalue weighted by Crippen LogP contribution is 2.42. The molecular formula is C104H101Cl2FN8O21S4. The monoisotopic (exact) mass is 2010 g/mol. The second-order valence-corrected chi connectivity index (χ2v) is 41.6. The van der Waals surface area contributed by atoms with E-state index in [0.29, 0.717) is 35.3 Å². The fraction of sp³-hybridized carbons (Fsp3) is 0.173.